The molecule has 0 saturated heterocycles. The van der Waals surface area contributed by atoms with Crippen molar-refractivity contribution in [1.82, 2.24) is 14.7 Å². The van der Waals surface area contributed by atoms with Crippen LogP contribution in [0.3, 0.4) is 0 Å². The summed E-state index contributed by atoms with van der Waals surface area (Å²) in [6, 6.07) is 1.88. The summed E-state index contributed by atoms with van der Waals surface area (Å²) < 4.78 is 25.4. The highest BCUT2D eigenvalue weighted by Crippen LogP contribution is 2.25. The van der Waals surface area contributed by atoms with Gasteiger partial charge in [-0.1, -0.05) is 6.92 Å². The Morgan fingerprint density at radius 2 is 2.21 bits per heavy atom. The number of rotatable bonds is 6. The summed E-state index contributed by atoms with van der Waals surface area (Å²) in [6.45, 7) is 2.39. The molecule has 2 heterocycles. The Kier molecular flexibility index (Phi) is 4.17. The first-order chi connectivity index (χ1) is 9.02. The summed E-state index contributed by atoms with van der Waals surface area (Å²) in [6.07, 6.45) is 0. The third-order valence-electron chi connectivity index (χ3n) is 2.37. The number of hydrogen-bond acceptors (Lipinski definition) is 7. The van der Waals surface area contributed by atoms with Gasteiger partial charge in [0.05, 0.1) is 11.1 Å². The molecular formula is C10H15N5O2S2. The molecule has 0 aliphatic carbocycles. The zero-order chi connectivity index (χ0) is 13.9. The van der Waals surface area contributed by atoms with Crippen molar-refractivity contribution in [3.05, 3.63) is 11.4 Å². The molecular weight excluding hydrogens is 286 g/mol. The number of nitrogens with one attached hydrogen (secondary N) is 2. The van der Waals surface area contributed by atoms with Crippen molar-refractivity contribution in [3.8, 4) is 0 Å². The number of anilines is 2. The van der Waals surface area contributed by atoms with Crippen LogP contribution in [0.15, 0.2) is 11.4 Å². The number of hydrogen-bond donors (Lipinski definition) is 3. The fourth-order valence-corrected chi connectivity index (χ4v) is 3.33. The van der Waals surface area contributed by atoms with Crippen molar-refractivity contribution in [2.24, 2.45) is 0 Å². The number of sulfonamides is 1. The molecule has 0 aromatic carbocycles. The molecule has 2 aromatic heterocycles. The van der Waals surface area contributed by atoms with E-state index >= 15 is 0 Å². The Morgan fingerprint density at radius 3 is 2.95 bits per heavy atom. The largest absolute Gasteiger partial charge is 0.368 e. The van der Waals surface area contributed by atoms with Crippen LogP contribution in [0, 0.1) is 0 Å². The first-order valence-corrected chi connectivity index (χ1v) is 8.27. The smallest absolute Gasteiger partial charge is 0.223 e. The molecule has 2 aromatic rings. The summed E-state index contributed by atoms with van der Waals surface area (Å²) in [7, 11) is -3.24. The second-order valence-electron chi connectivity index (χ2n) is 3.81. The normalized spacial score (nSPS) is 11.8. The van der Waals surface area contributed by atoms with Crippen LogP contribution in [0.1, 0.15) is 6.92 Å². The third-order valence-corrected chi connectivity index (χ3v) is 4.65. The maximum atomic E-state index is 11.5. The number of nitrogen functional groups attached to an aromatic ring is 1. The first-order valence-electron chi connectivity index (χ1n) is 5.74. The maximum absolute atomic E-state index is 11.5. The van der Waals surface area contributed by atoms with Gasteiger partial charge in [-0.05, 0) is 11.4 Å². The van der Waals surface area contributed by atoms with Gasteiger partial charge in [-0.2, -0.15) is 4.98 Å². The van der Waals surface area contributed by atoms with Crippen LogP contribution in [-0.2, 0) is 10.0 Å². The fraction of sp³-hybridized carbons (Fsp3) is 0.400. The minimum atomic E-state index is -3.24. The Morgan fingerprint density at radius 1 is 1.42 bits per heavy atom. The number of nitrogens with two attached hydrogens (primary N) is 1. The standard InChI is InChI=1S/C10H15N5O2S2/c1-2-13-19(16,17)6-4-12-8-7-3-5-18-9(7)15-10(11)14-8/h3,5,13H,2,4,6H2,1H3,(H3,11,12,14,15). The van der Waals surface area contributed by atoms with E-state index in [0.717, 1.165) is 10.2 Å². The van der Waals surface area contributed by atoms with Crippen molar-refractivity contribution in [3.63, 3.8) is 0 Å². The molecule has 0 fully saturated rings. The highest BCUT2D eigenvalue weighted by molar-refractivity contribution is 7.89. The molecule has 0 atom stereocenters. The predicted octanol–water partition coefficient (Wildman–Crippen LogP) is 0.625. The molecule has 19 heavy (non-hydrogen) atoms. The van der Waals surface area contributed by atoms with Crippen molar-refractivity contribution in [1.29, 1.82) is 0 Å². The van der Waals surface area contributed by atoms with Gasteiger partial charge in [-0.25, -0.2) is 18.1 Å². The molecule has 0 bridgehead atoms. The average molecular weight is 301 g/mol. The van der Waals surface area contributed by atoms with Crippen molar-refractivity contribution < 1.29 is 8.42 Å². The second kappa shape index (κ2) is 5.68. The monoisotopic (exact) mass is 301 g/mol. The lowest BCUT2D eigenvalue weighted by molar-refractivity contribution is 0.584. The van der Waals surface area contributed by atoms with Gasteiger partial charge in [0, 0.05) is 13.1 Å². The lowest BCUT2D eigenvalue weighted by atomic mass is 10.4. The lowest BCUT2D eigenvalue weighted by Gasteiger charge is -2.08. The van der Waals surface area contributed by atoms with Crippen LogP contribution in [0.2, 0.25) is 0 Å². The second-order valence-corrected chi connectivity index (χ2v) is 6.63. The van der Waals surface area contributed by atoms with Crippen molar-refractivity contribution in [2.75, 3.05) is 29.9 Å². The van der Waals surface area contributed by atoms with Gasteiger partial charge in [0.2, 0.25) is 16.0 Å². The number of thiophene rings is 1. The maximum Gasteiger partial charge on any atom is 0.223 e. The van der Waals surface area contributed by atoms with Crippen LogP contribution < -0.4 is 15.8 Å². The summed E-state index contributed by atoms with van der Waals surface area (Å²) in [4.78, 5) is 8.97. The van der Waals surface area contributed by atoms with E-state index in [1.807, 2.05) is 11.4 Å². The lowest BCUT2D eigenvalue weighted by Crippen LogP contribution is -2.29. The molecule has 0 saturated carbocycles. The molecule has 4 N–H and O–H groups in total. The molecule has 0 amide bonds. The third kappa shape index (κ3) is 3.52. The zero-order valence-electron chi connectivity index (χ0n) is 10.4. The summed E-state index contributed by atoms with van der Waals surface area (Å²) >= 11 is 1.46. The number of aromatic nitrogens is 2. The zero-order valence-corrected chi connectivity index (χ0v) is 12.0. The Bertz CT molecular complexity index is 668. The molecule has 7 nitrogen and oxygen atoms in total. The number of nitrogens with zero attached hydrogens (tertiary/aromatic N) is 2. The highest BCUT2D eigenvalue weighted by Gasteiger charge is 2.10. The van der Waals surface area contributed by atoms with E-state index in [9.17, 15) is 8.42 Å². The van der Waals surface area contributed by atoms with E-state index < -0.39 is 10.0 Å². The topological polar surface area (TPSA) is 110 Å². The Labute approximate surface area is 115 Å². The van der Waals surface area contributed by atoms with Gasteiger partial charge in [-0.3, -0.25) is 0 Å². The minimum absolute atomic E-state index is 0.0175. The van der Waals surface area contributed by atoms with Gasteiger partial charge in [0.25, 0.3) is 0 Å². The molecule has 0 unspecified atom stereocenters. The van der Waals surface area contributed by atoms with Gasteiger partial charge < -0.3 is 11.1 Å². The minimum Gasteiger partial charge on any atom is -0.368 e. The van der Waals surface area contributed by atoms with Crippen molar-refractivity contribution in [2.45, 2.75) is 6.92 Å². The Balaban J connectivity index is 2.08. The van der Waals surface area contributed by atoms with Gasteiger partial charge in [0.1, 0.15) is 10.6 Å². The molecule has 0 aliphatic rings. The Hall–Kier alpha value is -1.45. The highest BCUT2D eigenvalue weighted by atomic mass is 32.2. The molecule has 0 radical (unpaired) electrons. The quantitative estimate of drug-likeness (QED) is 0.721. The van der Waals surface area contributed by atoms with E-state index in [1.165, 1.54) is 11.3 Å². The van der Waals surface area contributed by atoms with E-state index in [2.05, 4.69) is 20.0 Å². The first kappa shape index (κ1) is 14.0. The fourth-order valence-electron chi connectivity index (χ4n) is 1.60. The van der Waals surface area contributed by atoms with Crippen molar-refractivity contribution >= 4 is 43.3 Å². The van der Waals surface area contributed by atoms with Crippen LogP contribution in [0.5, 0.6) is 0 Å². The molecule has 0 spiro atoms. The molecule has 9 heteroatoms. The molecule has 0 aliphatic heterocycles. The summed E-state index contributed by atoms with van der Waals surface area (Å²) in [5, 5.41) is 5.72. The average Bonchev–Trinajstić information content (AvgIpc) is 2.76. The predicted molar refractivity (Wildman–Crippen MR) is 77.8 cm³/mol. The van der Waals surface area contributed by atoms with E-state index in [4.69, 9.17) is 5.73 Å². The summed E-state index contributed by atoms with van der Waals surface area (Å²) in [5.41, 5.74) is 5.60. The van der Waals surface area contributed by atoms with Crippen LogP contribution >= 0.6 is 11.3 Å². The summed E-state index contributed by atoms with van der Waals surface area (Å²) in [5.74, 6) is 0.721. The van der Waals surface area contributed by atoms with Gasteiger partial charge in [-0.15, -0.1) is 11.3 Å². The van der Waals surface area contributed by atoms with E-state index in [-0.39, 0.29) is 18.2 Å². The van der Waals surface area contributed by atoms with E-state index in [0.29, 0.717) is 12.4 Å². The SMILES string of the molecule is CCNS(=O)(=O)CCNc1nc(N)nc2sccc12. The van der Waals surface area contributed by atoms with Crippen LogP contribution in [0.4, 0.5) is 11.8 Å². The molecule has 2 rings (SSSR count). The van der Waals surface area contributed by atoms with Gasteiger partial charge in [0.15, 0.2) is 0 Å². The van der Waals surface area contributed by atoms with Crippen LogP contribution in [0.25, 0.3) is 10.2 Å². The number of fused-ring (bicyclic) bond motifs is 1. The molecule has 104 valence electrons. The van der Waals surface area contributed by atoms with Gasteiger partial charge >= 0.3 is 0 Å². The van der Waals surface area contributed by atoms with Crippen LogP contribution in [-0.4, -0.2) is 37.2 Å². The van der Waals surface area contributed by atoms with E-state index in [1.54, 1.807) is 6.92 Å².